The monoisotopic (exact) mass is 441 g/mol. The van der Waals surface area contributed by atoms with Crippen molar-refractivity contribution in [2.24, 2.45) is 0 Å². The average Bonchev–Trinajstić information content (AvgIpc) is 3.47. The molecule has 4 rings (SSSR count). The molecule has 1 saturated heterocycles. The highest BCUT2D eigenvalue weighted by molar-refractivity contribution is 7.13. The van der Waals surface area contributed by atoms with Crippen molar-refractivity contribution in [3.05, 3.63) is 47.7 Å². The number of carbonyl (C=O) groups excluding carboxylic acids is 1. The summed E-state index contributed by atoms with van der Waals surface area (Å²) in [4.78, 5) is 22.5. The third kappa shape index (κ3) is 5.90. The van der Waals surface area contributed by atoms with Gasteiger partial charge in [0.25, 0.3) is 0 Å². The molecule has 1 aliphatic rings. The summed E-state index contributed by atoms with van der Waals surface area (Å²) in [6.45, 7) is 5.03. The van der Waals surface area contributed by atoms with E-state index in [1.807, 2.05) is 41.8 Å². The molecule has 1 amide bonds. The van der Waals surface area contributed by atoms with Crippen molar-refractivity contribution in [1.29, 1.82) is 0 Å². The van der Waals surface area contributed by atoms with E-state index in [9.17, 15) is 4.79 Å². The molecule has 9 heteroatoms. The molecular weight excluding hydrogens is 414 g/mol. The third-order valence-electron chi connectivity index (χ3n) is 5.29. The Hall–Kier alpha value is -2.75. The highest BCUT2D eigenvalue weighted by Crippen LogP contribution is 2.23. The maximum absolute atomic E-state index is 12.4. The first-order valence-corrected chi connectivity index (χ1v) is 11.3. The normalized spacial score (nSPS) is 15.1. The smallest absolute Gasteiger partial charge is 0.238 e. The molecule has 0 atom stereocenters. The van der Waals surface area contributed by atoms with Crippen molar-refractivity contribution in [2.45, 2.75) is 12.8 Å². The Labute approximate surface area is 185 Å². The number of amides is 1. The van der Waals surface area contributed by atoms with Crippen LogP contribution in [0.4, 0.5) is 5.69 Å². The first kappa shape index (κ1) is 21.5. The predicted molar refractivity (Wildman–Crippen MR) is 120 cm³/mol. The van der Waals surface area contributed by atoms with Crippen LogP contribution in [0.15, 0.2) is 46.3 Å². The van der Waals surface area contributed by atoms with Gasteiger partial charge in [-0.3, -0.25) is 9.69 Å². The van der Waals surface area contributed by atoms with Gasteiger partial charge in [-0.25, -0.2) is 0 Å². The molecule has 1 aliphatic heterocycles. The zero-order chi connectivity index (χ0) is 21.5. The van der Waals surface area contributed by atoms with Gasteiger partial charge < -0.3 is 19.5 Å². The molecule has 164 valence electrons. The SMILES string of the molecule is COc1ccccc1NC(=O)CN1CCN(CCCc2nc(-c3cccs3)no2)CC1. The summed E-state index contributed by atoms with van der Waals surface area (Å²) in [7, 11) is 1.60. The van der Waals surface area contributed by atoms with Crippen molar-refractivity contribution >= 4 is 22.9 Å². The number of nitrogens with zero attached hydrogens (tertiary/aromatic N) is 4. The van der Waals surface area contributed by atoms with Crippen LogP contribution in [0, 0.1) is 0 Å². The van der Waals surface area contributed by atoms with E-state index in [0.717, 1.165) is 50.4 Å². The van der Waals surface area contributed by atoms with Crippen LogP contribution in [0.3, 0.4) is 0 Å². The van der Waals surface area contributed by atoms with Crippen molar-refractivity contribution < 1.29 is 14.1 Å². The Morgan fingerprint density at radius 2 is 1.97 bits per heavy atom. The summed E-state index contributed by atoms with van der Waals surface area (Å²) in [5.41, 5.74) is 0.705. The third-order valence-corrected chi connectivity index (χ3v) is 6.15. The van der Waals surface area contributed by atoms with Gasteiger partial charge >= 0.3 is 0 Å². The highest BCUT2D eigenvalue weighted by Gasteiger charge is 2.19. The molecule has 8 nitrogen and oxygen atoms in total. The first-order valence-electron chi connectivity index (χ1n) is 10.5. The van der Waals surface area contributed by atoms with Crippen LogP contribution in [-0.2, 0) is 11.2 Å². The van der Waals surface area contributed by atoms with Gasteiger partial charge in [0.05, 0.1) is 24.2 Å². The van der Waals surface area contributed by atoms with Crippen LogP contribution >= 0.6 is 11.3 Å². The van der Waals surface area contributed by atoms with Gasteiger partial charge in [0.15, 0.2) is 0 Å². The number of methoxy groups -OCH3 is 1. The number of rotatable bonds is 9. The molecule has 0 spiro atoms. The van der Waals surface area contributed by atoms with E-state index in [-0.39, 0.29) is 5.91 Å². The first-order chi connectivity index (χ1) is 15.2. The summed E-state index contributed by atoms with van der Waals surface area (Å²) < 4.78 is 10.7. The Bertz CT molecular complexity index is 967. The van der Waals surface area contributed by atoms with Crippen molar-refractivity contribution in [1.82, 2.24) is 19.9 Å². The van der Waals surface area contributed by atoms with Gasteiger partial charge in [0, 0.05) is 32.6 Å². The van der Waals surface area contributed by atoms with Crippen LogP contribution in [-0.4, -0.2) is 72.2 Å². The minimum absolute atomic E-state index is 0.0177. The number of aromatic nitrogens is 2. The molecular formula is C22H27N5O3S. The molecule has 3 aromatic rings. The molecule has 0 unspecified atom stereocenters. The van der Waals surface area contributed by atoms with E-state index in [1.54, 1.807) is 18.4 Å². The summed E-state index contributed by atoms with van der Waals surface area (Å²) >= 11 is 1.61. The van der Waals surface area contributed by atoms with E-state index in [1.165, 1.54) is 0 Å². The van der Waals surface area contributed by atoms with Crippen molar-refractivity contribution in [3.63, 3.8) is 0 Å². The highest BCUT2D eigenvalue weighted by atomic mass is 32.1. The number of piperazine rings is 1. The molecule has 2 aromatic heterocycles. The van der Waals surface area contributed by atoms with Crippen LogP contribution in [0.5, 0.6) is 5.75 Å². The molecule has 0 aliphatic carbocycles. The predicted octanol–water partition coefficient (Wildman–Crippen LogP) is 3.00. The number of nitrogens with one attached hydrogen (secondary N) is 1. The van der Waals surface area contributed by atoms with Crippen molar-refractivity contribution in [3.8, 4) is 16.5 Å². The molecule has 0 bridgehead atoms. The Balaban J connectivity index is 1.15. The lowest BCUT2D eigenvalue weighted by Crippen LogP contribution is -2.48. The zero-order valence-corrected chi connectivity index (χ0v) is 18.4. The van der Waals surface area contributed by atoms with E-state index < -0.39 is 0 Å². The second-order valence-corrected chi connectivity index (χ2v) is 8.41. The number of carbonyl (C=O) groups is 1. The summed E-state index contributed by atoms with van der Waals surface area (Å²) in [6, 6.07) is 11.4. The topological polar surface area (TPSA) is 83.7 Å². The van der Waals surface area contributed by atoms with Crippen LogP contribution in [0.1, 0.15) is 12.3 Å². The number of anilines is 1. The van der Waals surface area contributed by atoms with Gasteiger partial charge in [0.1, 0.15) is 5.75 Å². The second-order valence-electron chi connectivity index (χ2n) is 7.46. The number of benzene rings is 1. The van der Waals surface area contributed by atoms with Crippen molar-refractivity contribution in [2.75, 3.05) is 51.7 Å². The fourth-order valence-corrected chi connectivity index (χ4v) is 4.28. The van der Waals surface area contributed by atoms with E-state index in [2.05, 4.69) is 25.3 Å². The Kier molecular flexibility index (Phi) is 7.29. The summed E-state index contributed by atoms with van der Waals surface area (Å²) in [6.07, 6.45) is 1.75. The lowest BCUT2D eigenvalue weighted by molar-refractivity contribution is -0.117. The molecule has 0 radical (unpaired) electrons. The molecule has 1 fully saturated rings. The maximum atomic E-state index is 12.4. The Morgan fingerprint density at radius 1 is 1.16 bits per heavy atom. The minimum atomic E-state index is -0.0177. The maximum Gasteiger partial charge on any atom is 0.238 e. The minimum Gasteiger partial charge on any atom is -0.495 e. The fraction of sp³-hybridized carbons (Fsp3) is 0.409. The fourth-order valence-electron chi connectivity index (χ4n) is 3.63. The number of hydrogen-bond acceptors (Lipinski definition) is 8. The van der Waals surface area contributed by atoms with E-state index in [4.69, 9.17) is 9.26 Å². The van der Waals surface area contributed by atoms with E-state index >= 15 is 0 Å². The molecule has 1 N–H and O–H groups in total. The molecule has 0 saturated carbocycles. The van der Waals surface area contributed by atoms with Crippen LogP contribution in [0.2, 0.25) is 0 Å². The number of aryl methyl sites for hydroxylation is 1. The Morgan fingerprint density at radius 3 is 2.74 bits per heavy atom. The van der Waals surface area contributed by atoms with Gasteiger partial charge in [-0.1, -0.05) is 23.4 Å². The number of ether oxygens (including phenoxy) is 1. The molecule has 3 heterocycles. The van der Waals surface area contributed by atoms with Gasteiger partial charge in [-0.05, 0) is 36.5 Å². The second kappa shape index (κ2) is 10.5. The van der Waals surface area contributed by atoms with Gasteiger partial charge in [0.2, 0.25) is 17.6 Å². The summed E-state index contributed by atoms with van der Waals surface area (Å²) in [5.74, 6) is 2.01. The van der Waals surface area contributed by atoms with Crippen LogP contribution < -0.4 is 10.1 Å². The number of hydrogen-bond donors (Lipinski definition) is 1. The lowest BCUT2D eigenvalue weighted by Gasteiger charge is -2.34. The lowest BCUT2D eigenvalue weighted by atomic mass is 10.2. The number of thiophene rings is 1. The average molecular weight is 442 g/mol. The van der Waals surface area contributed by atoms with Gasteiger partial charge in [-0.2, -0.15) is 4.98 Å². The summed E-state index contributed by atoms with van der Waals surface area (Å²) in [5, 5.41) is 9.01. The quantitative estimate of drug-likeness (QED) is 0.546. The van der Waals surface area contributed by atoms with Crippen LogP contribution in [0.25, 0.3) is 10.7 Å². The number of para-hydroxylation sites is 2. The molecule has 1 aromatic carbocycles. The van der Waals surface area contributed by atoms with E-state index in [0.29, 0.717) is 29.7 Å². The standard InChI is InChI=1S/C22H27N5O3S/c1-29-18-7-3-2-6-17(18)23-20(28)16-27-13-11-26(12-14-27)10-4-9-21-24-22(25-30-21)19-8-5-15-31-19/h2-3,5-8,15H,4,9-14,16H2,1H3,(H,23,28). The molecule has 31 heavy (non-hydrogen) atoms. The largest absolute Gasteiger partial charge is 0.495 e. The van der Waals surface area contributed by atoms with Gasteiger partial charge in [-0.15, -0.1) is 11.3 Å². The zero-order valence-electron chi connectivity index (χ0n) is 17.6.